The zero-order valence-corrected chi connectivity index (χ0v) is 20.7. The lowest BCUT2D eigenvalue weighted by Gasteiger charge is -2.07. The number of hydrogen-bond acceptors (Lipinski definition) is 8. The van der Waals surface area contributed by atoms with Crippen molar-refractivity contribution in [3.05, 3.63) is 77.9 Å². The lowest BCUT2D eigenvalue weighted by Crippen LogP contribution is -2.21. The average molecular weight is 545 g/mol. The average Bonchev–Trinajstić information content (AvgIpc) is 3.31. The van der Waals surface area contributed by atoms with Crippen molar-refractivity contribution in [2.24, 2.45) is 5.73 Å². The normalized spacial score (nSPS) is 10.7. The third-order valence-corrected chi connectivity index (χ3v) is 5.78. The second-order valence-corrected chi connectivity index (χ2v) is 8.71. The summed E-state index contributed by atoms with van der Waals surface area (Å²) in [6, 6.07) is 23.0. The first-order chi connectivity index (χ1) is 18.2. The van der Waals surface area contributed by atoms with Crippen molar-refractivity contribution in [1.82, 2.24) is 4.98 Å². The molecule has 0 fully saturated rings. The van der Waals surface area contributed by atoms with Gasteiger partial charge in [0.15, 0.2) is 5.13 Å². The number of nitrogens with one attached hydrogen (secondary N) is 1. The van der Waals surface area contributed by atoms with Crippen LogP contribution < -0.4 is 20.5 Å². The highest BCUT2D eigenvalue weighted by atomic mass is 32.1. The molecule has 38 heavy (non-hydrogen) atoms. The molecular formula is C26H23F3N4O4S. The van der Waals surface area contributed by atoms with E-state index in [0.717, 1.165) is 38.8 Å². The largest absolute Gasteiger partial charge is 0.494 e. The fourth-order valence-electron chi connectivity index (χ4n) is 2.93. The Balaban J connectivity index is 0.000000505. The monoisotopic (exact) mass is 544 g/mol. The summed E-state index contributed by atoms with van der Waals surface area (Å²) in [5.41, 5.74) is 8.16. The maximum absolute atomic E-state index is 10.6. The van der Waals surface area contributed by atoms with Crippen LogP contribution in [0.5, 0.6) is 17.2 Å². The number of nitrogens with zero attached hydrogens (tertiary/aromatic N) is 2. The summed E-state index contributed by atoms with van der Waals surface area (Å²) in [4.78, 5) is 13.5. The SMILES string of the molecule is N#Cc1ccc(Oc2ccc3nc(NCc4ccc(OCCCN)cc4)sc3c2)cc1.O=C(O)C(F)(F)F. The Hall–Kier alpha value is -4.34. The molecular weight excluding hydrogens is 521 g/mol. The van der Waals surface area contributed by atoms with E-state index in [-0.39, 0.29) is 0 Å². The van der Waals surface area contributed by atoms with Crippen LogP contribution in [0.1, 0.15) is 17.5 Å². The van der Waals surface area contributed by atoms with Crippen LogP contribution in [0.3, 0.4) is 0 Å². The van der Waals surface area contributed by atoms with Crippen molar-refractivity contribution in [3.63, 3.8) is 0 Å². The standard InChI is InChI=1S/C24H22N4O2S.C2HF3O2/c25-12-1-13-29-19-6-4-18(5-7-19)16-27-24-28-22-11-10-21(14-23(22)31-24)30-20-8-2-17(15-26)3-9-20;3-2(4,5)1(6)7/h2-11,14H,1,12-13,16,25H2,(H,27,28);(H,6,7). The Morgan fingerprint density at radius 2 is 1.68 bits per heavy atom. The maximum Gasteiger partial charge on any atom is 0.490 e. The summed E-state index contributed by atoms with van der Waals surface area (Å²) in [6.07, 6.45) is -4.23. The minimum atomic E-state index is -5.08. The highest BCUT2D eigenvalue weighted by Gasteiger charge is 2.38. The summed E-state index contributed by atoms with van der Waals surface area (Å²) in [5, 5.41) is 20.3. The minimum absolute atomic E-state index is 0.606. The second-order valence-electron chi connectivity index (χ2n) is 7.68. The Morgan fingerprint density at radius 1 is 1.05 bits per heavy atom. The third kappa shape index (κ3) is 8.65. The number of alkyl halides is 3. The zero-order chi connectivity index (χ0) is 27.5. The minimum Gasteiger partial charge on any atom is -0.494 e. The Bertz CT molecular complexity index is 1390. The number of fused-ring (bicyclic) bond motifs is 1. The van der Waals surface area contributed by atoms with Crippen molar-refractivity contribution in [2.45, 2.75) is 19.1 Å². The molecule has 4 rings (SSSR count). The molecule has 4 N–H and O–H groups in total. The summed E-state index contributed by atoms with van der Waals surface area (Å²) in [6.45, 7) is 1.95. The van der Waals surface area contributed by atoms with E-state index in [0.29, 0.717) is 31.0 Å². The third-order valence-electron chi connectivity index (χ3n) is 4.81. The topological polar surface area (TPSA) is 130 Å². The quantitative estimate of drug-likeness (QED) is 0.221. The number of ether oxygens (including phenoxy) is 2. The van der Waals surface area contributed by atoms with Gasteiger partial charge in [0.25, 0.3) is 0 Å². The van der Waals surface area contributed by atoms with Crippen LogP contribution in [0.25, 0.3) is 10.2 Å². The van der Waals surface area contributed by atoms with Crippen LogP contribution in [0, 0.1) is 11.3 Å². The van der Waals surface area contributed by atoms with Crippen molar-refractivity contribution in [1.29, 1.82) is 5.26 Å². The molecule has 4 aromatic rings. The number of carbonyl (C=O) groups is 1. The number of thiazole rings is 1. The molecule has 0 unspecified atom stereocenters. The number of hydrogen-bond donors (Lipinski definition) is 3. The number of nitrogens with two attached hydrogens (primary N) is 1. The van der Waals surface area contributed by atoms with Crippen molar-refractivity contribution in [2.75, 3.05) is 18.5 Å². The first kappa shape index (κ1) is 28.2. The van der Waals surface area contributed by atoms with Crippen molar-refractivity contribution < 1.29 is 32.5 Å². The van der Waals surface area contributed by atoms with Crippen LogP contribution in [0.2, 0.25) is 0 Å². The van der Waals surface area contributed by atoms with E-state index in [1.54, 1.807) is 35.6 Å². The van der Waals surface area contributed by atoms with E-state index in [9.17, 15) is 13.2 Å². The molecule has 198 valence electrons. The number of aromatic nitrogens is 1. The predicted octanol–water partition coefficient (Wildman–Crippen LogP) is 5.93. The van der Waals surface area contributed by atoms with Gasteiger partial charge >= 0.3 is 12.1 Å². The smallest absolute Gasteiger partial charge is 0.490 e. The lowest BCUT2D eigenvalue weighted by molar-refractivity contribution is -0.192. The van der Waals surface area contributed by atoms with Crippen molar-refractivity contribution >= 4 is 32.7 Å². The first-order valence-corrected chi connectivity index (χ1v) is 12.0. The fourth-order valence-corrected chi connectivity index (χ4v) is 3.82. The maximum atomic E-state index is 10.6. The van der Waals surface area contributed by atoms with Gasteiger partial charge in [-0.05, 0) is 67.1 Å². The van der Waals surface area contributed by atoms with Crippen molar-refractivity contribution in [3.8, 4) is 23.3 Å². The molecule has 0 saturated carbocycles. The van der Waals surface area contributed by atoms with Gasteiger partial charge in [-0.1, -0.05) is 23.5 Å². The molecule has 0 saturated heterocycles. The number of aliphatic carboxylic acids is 1. The van der Waals surface area contributed by atoms with Gasteiger partial charge in [0.05, 0.1) is 28.5 Å². The number of nitriles is 1. The Morgan fingerprint density at radius 3 is 2.29 bits per heavy atom. The van der Waals surface area contributed by atoms with Gasteiger partial charge in [0, 0.05) is 12.6 Å². The van der Waals surface area contributed by atoms with E-state index >= 15 is 0 Å². The van der Waals surface area contributed by atoms with E-state index in [1.165, 1.54) is 0 Å². The highest BCUT2D eigenvalue weighted by molar-refractivity contribution is 7.22. The predicted molar refractivity (Wildman–Crippen MR) is 137 cm³/mol. The van der Waals surface area contributed by atoms with Gasteiger partial charge in [-0.15, -0.1) is 0 Å². The summed E-state index contributed by atoms with van der Waals surface area (Å²) >= 11 is 1.58. The van der Waals surface area contributed by atoms with Crippen LogP contribution in [-0.4, -0.2) is 35.4 Å². The van der Waals surface area contributed by atoms with Gasteiger partial charge in [0.1, 0.15) is 17.2 Å². The lowest BCUT2D eigenvalue weighted by atomic mass is 10.2. The molecule has 0 spiro atoms. The molecule has 0 bridgehead atoms. The molecule has 0 aliphatic heterocycles. The fraction of sp³-hybridized carbons (Fsp3) is 0.192. The van der Waals surface area contributed by atoms with Gasteiger partial charge in [-0.2, -0.15) is 18.4 Å². The summed E-state index contributed by atoms with van der Waals surface area (Å²) in [5.74, 6) is -0.478. The molecule has 0 atom stereocenters. The molecule has 12 heteroatoms. The molecule has 3 aromatic carbocycles. The van der Waals surface area contributed by atoms with Crippen LogP contribution >= 0.6 is 11.3 Å². The number of carboxylic acids is 1. The molecule has 8 nitrogen and oxygen atoms in total. The zero-order valence-electron chi connectivity index (χ0n) is 19.9. The van der Waals surface area contributed by atoms with Gasteiger partial charge < -0.3 is 25.6 Å². The number of benzene rings is 3. The molecule has 0 amide bonds. The number of anilines is 1. The van der Waals surface area contributed by atoms with Gasteiger partial charge in [-0.3, -0.25) is 0 Å². The first-order valence-electron chi connectivity index (χ1n) is 11.2. The number of halogens is 3. The molecule has 1 aromatic heterocycles. The van der Waals surface area contributed by atoms with Gasteiger partial charge in [0.2, 0.25) is 0 Å². The molecule has 1 heterocycles. The number of carboxylic acid groups (broad SMARTS) is 1. The molecule has 0 radical (unpaired) electrons. The van der Waals surface area contributed by atoms with Crippen LogP contribution in [-0.2, 0) is 11.3 Å². The highest BCUT2D eigenvalue weighted by Crippen LogP contribution is 2.31. The van der Waals surface area contributed by atoms with E-state index in [1.807, 2.05) is 42.5 Å². The molecule has 0 aliphatic rings. The van der Waals surface area contributed by atoms with Gasteiger partial charge in [-0.25, -0.2) is 9.78 Å². The van der Waals surface area contributed by atoms with Crippen LogP contribution in [0.4, 0.5) is 18.3 Å². The molecule has 0 aliphatic carbocycles. The Labute approximate surface area is 220 Å². The van der Waals surface area contributed by atoms with E-state index in [4.69, 9.17) is 30.4 Å². The summed E-state index contributed by atoms with van der Waals surface area (Å²) in [7, 11) is 0. The number of rotatable bonds is 9. The van der Waals surface area contributed by atoms with E-state index < -0.39 is 12.1 Å². The van der Waals surface area contributed by atoms with E-state index in [2.05, 4.69) is 16.4 Å². The second kappa shape index (κ2) is 13.3. The van der Waals surface area contributed by atoms with Crippen LogP contribution in [0.15, 0.2) is 66.7 Å². The summed E-state index contributed by atoms with van der Waals surface area (Å²) < 4.78 is 44.3. The Kier molecular flexibility index (Phi) is 9.86.